The molecule has 0 radical (unpaired) electrons. The monoisotopic (exact) mass is 205 g/mol. The Bertz CT molecular complexity index is 389. The van der Waals surface area contributed by atoms with Crippen molar-refractivity contribution in [3.8, 4) is 11.3 Å². The first-order valence-corrected chi connectivity index (χ1v) is 5.22. The van der Waals surface area contributed by atoms with Gasteiger partial charge < -0.3 is 14.2 Å². The predicted octanol–water partition coefficient (Wildman–Crippen LogP) is 3.04. The van der Waals surface area contributed by atoms with E-state index in [0.717, 1.165) is 36.6 Å². The zero-order chi connectivity index (χ0) is 10.5. The normalized spacial score (nSPS) is 10.7. The van der Waals surface area contributed by atoms with Crippen molar-refractivity contribution < 1.29 is 8.83 Å². The highest BCUT2D eigenvalue weighted by Gasteiger charge is 2.09. The molecule has 3 nitrogen and oxygen atoms in total. The minimum atomic E-state index is 0.747. The van der Waals surface area contributed by atoms with Gasteiger partial charge in [-0.15, -0.1) is 0 Å². The van der Waals surface area contributed by atoms with Gasteiger partial charge in [0.2, 0.25) is 0 Å². The van der Waals surface area contributed by atoms with E-state index in [1.54, 1.807) is 12.5 Å². The summed E-state index contributed by atoms with van der Waals surface area (Å²) in [6, 6.07) is 5.75. The first-order valence-electron chi connectivity index (χ1n) is 5.22. The molecule has 0 aromatic carbocycles. The predicted molar refractivity (Wildman–Crippen MR) is 58.4 cm³/mol. The van der Waals surface area contributed by atoms with Crippen LogP contribution in [0.25, 0.3) is 11.3 Å². The lowest BCUT2D eigenvalue weighted by Crippen LogP contribution is -2.13. The van der Waals surface area contributed by atoms with Gasteiger partial charge in [-0.3, -0.25) is 0 Å². The molecule has 0 spiro atoms. The van der Waals surface area contributed by atoms with Gasteiger partial charge >= 0.3 is 0 Å². The quantitative estimate of drug-likeness (QED) is 0.762. The van der Waals surface area contributed by atoms with Gasteiger partial charge in [-0.05, 0) is 31.2 Å². The molecule has 1 N–H and O–H groups in total. The maximum atomic E-state index is 5.41. The third kappa shape index (κ3) is 2.30. The number of rotatable bonds is 5. The molecule has 15 heavy (non-hydrogen) atoms. The third-order valence-electron chi connectivity index (χ3n) is 2.24. The van der Waals surface area contributed by atoms with Gasteiger partial charge in [-0.25, -0.2) is 0 Å². The number of furan rings is 2. The molecular weight excluding hydrogens is 190 g/mol. The van der Waals surface area contributed by atoms with E-state index in [1.165, 1.54) is 0 Å². The minimum Gasteiger partial charge on any atom is -0.467 e. The van der Waals surface area contributed by atoms with Gasteiger partial charge in [-0.2, -0.15) is 0 Å². The molecular formula is C12H15NO2. The first-order chi connectivity index (χ1) is 7.42. The van der Waals surface area contributed by atoms with Crippen LogP contribution in [0.5, 0.6) is 0 Å². The second-order valence-corrected chi connectivity index (χ2v) is 3.41. The van der Waals surface area contributed by atoms with Crippen LogP contribution >= 0.6 is 0 Å². The third-order valence-corrected chi connectivity index (χ3v) is 2.24. The standard InChI is InChI=1S/C12H15NO2/c1-2-6-13-9-12-10(5-8-15-12)11-4-3-7-14-11/h3-5,7-8,13H,2,6,9H2,1H3. The van der Waals surface area contributed by atoms with E-state index < -0.39 is 0 Å². The highest BCUT2D eigenvalue weighted by Crippen LogP contribution is 2.24. The van der Waals surface area contributed by atoms with Crippen LogP contribution < -0.4 is 5.32 Å². The molecule has 0 saturated carbocycles. The van der Waals surface area contributed by atoms with Crippen molar-refractivity contribution in [1.29, 1.82) is 0 Å². The fraction of sp³-hybridized carbons (Fsp3) is 0.333. The Kier molecular flexibility index (Phi) is 3.25. The molecule has 2 aromatic rings. The molecule has 0 aliphatic rings. The topological polar surface area (TPSA) is 38.3 Å². The summed E-state index contributed by atoms with van der Waals surface area (Å²) >= 11 is 0. The molecule has 0 amide bonds. The largest absolute Gasteiger partial charge is 0.467 e. The number of hydrogen-bond donors (Lipinski definition) is 1. The summed E-state index contributed by atoms with van der Waals surface area (Å²) in [6.07, 6.45) is 4.49. The zero-order valence-corrected chi connectivity index (χ0v) is 8.82. The van der Waals surface area contributed by atoms with Gasteiger partial charge in [0.15, 0.2) is 0 Å². The Morgan fingerprint density at radius 1 is 1.20 bits per heavy atom. The Morgan fingerprint density at radius 2 is 2.13 bits per heavy atom. The first kappa shape index (κ1) is 10.1. The van der Waals surface area contributed by atoms with Crippen LogP contribution in [0, 0.1) is 0 Å². The summed E-state index contributed by atoms with van der Waals surface area (Å²) in [4.78, 5) is 0. The van der Waals surface area contributed by atoms with Crippen molar-refractivity contribution in [3.05, 3.63) is 36.5 Å². The highest BCUT2D eigenvalue weighted by atomic mass is 16.3. The maximum absolute atomic E-state index is 5.41. The number of nitrogens with one attached hydrogen (secondary N) is 1. The summed E-state index contributed by atoms with van der Waals surface area (Å²) in [5.74, 6) is 1.79. The van der Waals surface area contributed by atoms with Crippen LogP contribution in [-0.2, 0) is 6.54 Å². The van der Waals surface area contributed by atoms with Gasteiger partial charge in [-0.1, -0.05) is 6.92 Å². The van der Waals surface area contributed by atoms with E-state index in [1.807, 2.05) is 18.2 Å². The molecule has 0 bridgehead atoms. The van der Waals surface area contributed by atoms with E-state index in [-0.39, 0.29) is 0 Å². The van der Waals surface area contributed by atoms with Crippen molar-refractivity contribution >= 4 is 0 Å². The molecule has 0 aliphatic carbocycles. The molecule has 0 fully saturated rings. The lowest BCUT2D eigenvalue weighted by molar-refractivity contribution is 0.482. The summed E-state index contributed by atoms with van der Waals surface area (Å²) in [5.41, 5.74) is 1.03. The molecule has 2 heterocycles. The summed E-state index contributed by atoms with van der Waals surface area (Å²) in [5, 5.41) is 3.30. The fourth-order valence-corrected chi connectivity index (χ4v) is 1.51. The van der Waals surface area contributed by atoms with Crippen LogP contribution in [0.1, 0.15) is 19.1 Å². The molecule has 0 atom stereocenters. The van der Waals surface area contributed by atoms with Crippen molar-refractivity contribution in [3.63, 3.8) is 0 Å². The molecule has 0 unspecified atom stereocenters. The molecule has 0 aliphatic heterocycles. The Balaban J connectivity index is 2.09. The van der Waals surface area contributed by atoms with Crippen LogP contribution in [0.3, 0.4) is 0 Å². The molecule has 2 rings (SSSR count). The number of hydrogen-bond acceptors (Lipinski definition) is 3. The highest BCUT2D eigenvalue weighted by molar-refractivity contribution is 5.59. The van der Waals surface area contributed by atoms with Crippen LogP contribution in [0.2, 0.25) is 0 Å². The maximum Gasteiger partial charge on any atom is 0.137 e. The average Bonchev–Trinajstić information content (AvgIpc) is 2.87. The lowest BCUT2D eigenvalue weighted by Gasteiger charge is -2.01. The van der Waals surface area contributed by atoms with Crippen LogP contribution in [0.15, 0.2) is 39.6 Å². The van der Waals surface area contributed by atoms with Gasteiger partial charge in [0, 0.05) is 0 Å². The van der Waals surface area contributed by atoms with E-state index in [0.29, 0.717) is 0 Å². The summed E-state index contributed by atoms with van der Waals surface area (Å²) in [6.45, 7) is 3.89. The van der Waals surface area contributed by atoms with Gasteiger partial charge in [0.25, 0.3) is 0 Å². The SMILES string of the molecule is CCCNCc1occc1-c1ccco1. The molecule has 0 saturated heterocycles. The zero-order valence-electron chi connectivity index (χ0n) is 8.82. The smallest absolute Gasteiger partial charge is 0.137 e. The van der Waals surface area contributed by atoms with Crippen LogP contribution in [0.4, 0.5) is 0 Å². The summed E-state index contributed by atoms with van der Waals surface area (Å²) in [7, 11) is 0. The van der Waals surface area contributed by atoms with E-state index in [4.69, 9.17) is 8.83 Å². The Labute approximate surface area is 89.1 Å². The Morgan fingerprint density at radius 3 is 2.87 bits per heavy atom. The van der Waals surface area contributed by atoms with Crippen molar-refractivity contribution in [2.45, 2.75) is 19.9 Å². The lowest BCUT2D eigenvalue weighted by atomic mass is 10.2. The fourth-order valence-electron chi connectivity index (χ4n) is 1.51. The van der Waals surface area contributed by atoms with Gasteiger partial charge in [0.1, 0.15) is 11.5 Å². The molecule has 2 aromatic heterocycles. The second kappa shape index (κ2) is 4.84. The summed E-state index contributed by atoms with van der Waals surface area (Å²) < 4.78 is 10.7. The van der Waals surface area contributed by atoms with E-state index in [2.05, 4.69) is 12.2 Å². The van der Waals surface area contributed by atoms with Crippen molar-refractivity contribution in [1.82, 2.24) is 5.32 Å². The van der Waals surface area contributed by atoms with Crippen LogP contribution in [-0.4, -0.2) is 6.54 Å². The molecule has 3 heteroatoms. The Hall–Kier alpha value is -1.48. The van der Waals surface area contributed by atoms with E-state index >= 15 is 0 Å². The van der Waals surface area contributed by atoms with Gasteiger partial charge in [0.05, 0.1) is 24.6 Å². The minimum absolute atomic E-state index is 0.747. The van der Waals surface area contributed by atoms with E-state index in [9.17, 15) is 0 Å². The molecule has 80 valence electrons. The second-order valence-electron chi connectivity index (χ2n) is 3.41. The average molecular weight is 205 g/mol. The van der Waals surface area contributed by atoms with Crippen molar-refractivity contribution in [2.75, 3.05) is 6.54 Å². The van der Waals surface area contributed by atoms with Crippen molar-refractivity contribution in [2.24, 2.45) is 0 Å².